The number of rotatable bonds is 4. The SMILES string of the molecule is Cc1nc2c(OCc3ccc(C(F)(F)F)cc3)cccn2c1CC#N. The molecule has 2 aromatic heterocycles. The number of aromatic nitrogens is 2. The average molecular weight is 345 g/mol. The van der Waals surface area contributed by atoms with Gasteiger partial charge in [-0.05, 0) is 36.8 Å². The van der Waals surface area contributed by atoms with Gasteiger partial charge >= 0.3 is 6.18 Å². The molecular weight excluding hydrogens is 331 g/mol. The second kappa shape index (κ2) is 6.48. The summed E-state index contributed by atoms with van der Waals surface area (Å²) in [7, 11) is 0. The standard InChI is InChI=1S/C18H14F3N3O/c1-12-15(8-9-22)24-10-2-3-16(17(24)23-12)25-11-13-4-6-14(7-5-13)18(19,20)21/h2-7,10H,8,11H2,1H3. The van der Waals surface area contributed by atoms with Crippen molar-refractivity contribution >= 4 is 5.65 Å². The Hall–Kier alpha value is -3.01. The molecule has 1 aromatic carbocycles. The predicted octanol–water partition coefficient (Wildman–Crippen LogP) is 4.31. The topological polar surface area (TPSA) is 50.3 Å². The highest BCUT2D eigenvalue weighted by Crippen LogP contribution is 2.29. The van der Waals surface area contributed by atoms with E-state index in [9.17, 15) is 13.2 Å². The van der Waals surface area contributed by atoms with Gasteiger partial charge in [-0.25, -0.2) is 4.98 Å². The summed E-state index contributed by atoms with van der Waals surface area (Å²) in [6, 6.07) is 10.5. The summed E-state index contributed by atoms with van der Waals surface area (Å²) < 4.78 is 45.3. The third-order valence-corrected chi connectivity index (χ3v) is 3.84. The number of benzene rings is 1. The zero-order valence-corrected chi connectivity index (χ0v) is 13.3. The molecule has 0 N–H and O–H groups in total. The Labute approximate surface area is 142 Å². The van der Waals surface area contributed by atoms with Crippen LogP contribution in [-0.4, -0.2) is 9.38 Å². The van der Waals surface area contributed by atoms with Crippen molar-refractivity contribution in [2.45, 2.75) is 26.1 Å². The van der Waals surface area contributed by atoms with Crippen LogP contribution >= 0.6 is 0 Å². The summed E-state index contributed by atoms with van der Waals surface area (Å²) in [4.78, 5) is 4.43. The molecule has 128 valence electrons. The van der Waals surface area contributed by atoms with Crippen molar-refractivity contribution in [3.8, 4) is 11.8 Å². The van der Waals surface area contributed by atoms with Crippen LogP contribution in [0.4, 0.5) is 13.2 Å². The number of fused-ring (bicyclic) bond motifs is 1. The number of ether oxygens (including phenoxy) is 1. The number of aryl methyl sites for hydroxylation is 1. The predicted molar refractivity (Wildman–Crippen MR) is 85.0 cm³/mol. The van der Waals surface area contributed by atoms with Crippen molar-refractivity contribution in [1.29, 1.82) is 5.26 Å². The minimum atomic E-state index is -4.35. The van der Waals surface area contributed by atoms with Gasteiger partial charge in [0.1, 0.15) is 6.61 Å². The van der Waals surface area contributed by atoms with E-state index < -0.39 is 11.7 Å². The van der Waals surface area contributed by atoms with Crippen molar-refractivity contribution in [3.05, 3.63) is 65.1 Å². The first-order chi connectivity index (χ1) is 11.9. The second-order valence-electron chi connectivity index (χ2n) is 5.53. The molecule has 0 aliphatic heterocycles. The summed E-state index contributed by atoms with van der Waals surface area (Å²) >= 11 is 0. The maximum Gasteiger partial charge on any atom is 0.416 e. The van der Waals surface area contributed by atoms with Gasteiger partial charge < -0.3 is 4.74 Å². The van der Waals surface area contributed by atoms with Crippen LogP contribution in [0.5, 0.6) is 5.75 Å². The fourth-order valence-electron chi connectivity index (χ4n) is 2.56. The smallest absolute Gasteiger partial charge is 0.416 e. The maximum atomic E-state index is 12.6. The quantitative estimate of drug-likeness (QED) is 0.708. The Morgan fingerprint density at radius 1 is 1.20 bits per heavy atom. The first-order valence-electron chi connectivity index (χ1n) is 7.52. The van der Waals surface area contributed by atoms with Crippen LogP contribution in [0.1, 0.15) is 22.5 Å². The van der Waals surface area contributed by atoms with E-state index in [0.29, 0.717) is 17.0 Å². The number of nitrogens with zero attached hydrogens (tertiary/aromatic N) is 3. The zero-order valence-electron chi connectivity index (χ0n) is 13.3. The number of hydrogen-bond donors (Lipinski definition) is 0. The molecule has 0 fully saturated rings. The molecule has 0 bridgehead atoms. The zero-order chi connectivity index (χ0) is 18.0. The molecule has 2 heterocycles. The first kappa shape index (κ1) is 16.8. The largest absolute Gasteiger partial charge is 0.485 e. The molecule has 25 heavy (non-hydrogen) atoms. The van der Waals surface area contributed by atoms with E-state index in [1.807, 2.05) is 6.92 Å². The minimum absolute atomic E-state index is 0.122. The van der Waals surface area contributed by atoms with Crippen LogP contribution in [0.15, 0.2) is 42.6 Å². The highest BCUT2D eigenvalue weighted by molar-refractivity contribution is 5.56. The number of pyridine rings is 1. The minimum Gasteiger partial charge on any atom is -0.485 e. The Balaban J connectivity index is 1.82. The van der Waals surface area contributed by atoms with E-state index in [4.69, 9.17) is 10.00 Å². The first-order valence-corrected chi connectivity index (χ1v) is 7.52. The monoisotopic (exact) mass is 345 g/mol. The van der Waals surface area contributed by atoms with E-state index in [0.717, 1.165) is 23.5 Å². The van der Waals surface area contributed by atoms with Gasteiger partial charge in [0.2, 0.25) is 0 Å². The summed E-state index contributed by atoms with van der Waals surface area (Å²) in [6.45, 7) is 1.94. The van der Waals surface area contributed by atoms with Gasteiger partial charge in [-0.2, -0.15) is 18.4 Å². The van der Waals surface area contributed by atoms with Gasteiger partial charge in [0, 0.05) is 6.20 Å². The van der Waals surface area contributed by atoms with Gasteiger partial charge in [-0.3, -0.25) is 4.40 Å². The third kappa shape index (κ3) is 3.43. The summed E-state index contributed by atoms with van der Waals surface area (Å²) in [5.41, 5.74) is 2.04. The van der Waals surface area contributed by atoms with Crippen LogP contribution in [-0.2, 0) is 19.2 Å². The molecule has 3 aromatic rings. The van der Waals surface area contributed by atoms with Crippen LogP contribution < -0.4 is 4.74 Å². The normalized spacial score (nSPS) is 11.5. The van der Waals surface area contributed by atoms with Crippen molar-refractivity contribution in [2.24, 2.45) is 0 Å². The van der Waals surface area contributed by atoms with E-state index >= 15 is 0 Å². The second-order valence-corrected chi connectivity index (χ2v) is 5.53. The van der Waals surface area contributed by atoms with E-state index in [2.05, 4.69) is 11.1 Å². The molecule has 4 nitrogen and oxygen atoms in total. The highest BCUT2D eigenvalue weighted by atomic mass is 19.4. The van der Waals surface area contributed by atoms with Crippen molar-refractivity contribution in [2.75, 3.05) is 0 Å². The van der Waals surface area contributed by atoms with Crippen molar-refractivity contribution in [3.63, 3.8) is 0 Å². The lowest BCUT2D eigenvalue weighted by molar-refractivity contribution is -0.137. The van der Waals surface area contributed by atoms with Crippen LogP contribution in [0.2, 0.25) is 0 Å². The number of hydrogen-bond acceptors (Lipinski definition) is 3. The number of nitriles is 1. The van der Waals surface area contributed by atoms with Gasteiger partial charge in [0.15, 0.2) is 11.4 Å². The molecule has 7 heteroatoms. The molecule has 0 unspecified atom stereocenters. The summed E-state index contributed by atoms with van der Waals surface area (Å²) in [6.07, 6.45) is -2.32. The number of alkyl halides is 3. The molecule has 0 atom stereocenters. The molecule has 0 amide bonds. The number of halogens is 3. The fraction of sp³-hybridized carbons (Fsp3) is 0.222. The fourth-order valence-corrected chi connectivity index (χ4v) is 2.56. The Morgan fingerprint density at radius 3 is 2.56 bits per heavy atom. The van der Waals surface area contributed by atoms with Gasteiger partial charge in [-0.1, -0.05) is 12.1 Å². The van der Waals surface area contributed by atoms with Crippen molar-refractivity contribution in [1.82, 2.24) is 9.38 Å². The Morgan fingerprint density at radius 2 is 1.92 bits per heavy atom. The van der Waals surface area contributed by atoms with E-state index in [1.165, 1.54) is 12.1 Å². The van der Waals surface area contributed by atoms with Crippen LogP contribution in [0, 0.1) is 18.3 Å². The maximum absolute atomic E-state index is 12.6. The summed E-state index contributed by atoms with van der Waals surface area (Å²) in [5.74, 6) is 0.509. The van der Waals surface area contributed by atoms with Gasteiger partial charge in [0.05, 0.1) is 29.4 Å². The van der Waals surface area contributed by atoms with Crippen LogP contribution in [0.25, 0.3) is 5.65 Å². The van der Waals surface area contributed by atoms with Gasteiger partial charge in [0.25, 0.3) is 0 Å². The van der Waals surface area contributed by atoms with Gasteiger partial charge in [-0.15, -0.1) is 0 Å². The third-order valence-electron chi connectivity index (χ3n) is 3.84. The average Bonchev–Trinajstić information content (AvgIpc) is 2.89. The molecule has 0 aliphatic carbocycles. The van der Waals surface area contributed by atoms with Crippen LogP contribution in [0.3, 0.4) is 0 Å². The molecule has 0 saturated heterocycles. The van der Waals surface area contributed by atoms with E-state index in [1.54, 1.807) is 22.7 Å². The molecular formula is C18H14F3N3O. The van der Waals surface area contributed by atoms with Crippen molar-refractivity contribution < 1.29 is 17.9 Å². The lowest BCUT2D eigenvalue weighted by Gasteiger charge is -2.10. The highest BCUT2D eigenvalue weighted by Gasteiger charge is 2.29. The summed E-state index contributed by atoms with van der Waals surface area (Å²) in [5, 5.41) is 8.92. The Kier molecular flexibility index (Phi) is 4.36. The molecule has 0 radical (unpaired) electrons. The lowest BCUT2D eigenvalue weighted by atomic mass is 10.1. The Bertz CT molecular complexity index is 937. The molecule has 0 aliphatic rings. The molecule has 0 saturated carbocycles. The van der Waals surface area contributed by atoms with E-state index in [-0.39, 0.29) is 13.0 Å². The molecule has 0 spiro atoms. The number of imidazole rings is 1. The molecule has 3 rings (SSSR count). The lowest BCUT2D eigenvalue weighted by Crippen LogP contribution is -2.05.